The predicted octanol–water partition coefficient (Wildman–Crippen LogP) is 8.85. The molecule has 0 aliphatic heterocycles. The highest BCUT2D eigenvalue weighted by atomic mass is 32.2. The Morgan fingerprint density at radius 1 is 0.440 bits per heavy atom. The van der Waals surface area contributed by atoms with Crippen molar-refractivity contribution < 1.29 is 70.5 Å². The van der Waals surface area contributed by atoms with E-state index in [1.54, 1.807) is 18.2 Å². The zero-order valence-corrected chi connectivity index (χ0v) is 25.7. The van der Waals surface area contributed by atoms with Crippen molar-refractivity contribution in [1.82, 2.24) is 0 Å². The third kappa shape index (κ3) is 5.85. The quantitative estimate of drug-likeness (QED) is 0.0944. The first kappa shape index (κ1) is 34.6. The minimum absolute atomic E-state index is 0.240. The molecule has 6 rings (SSSR count). The molecule has 0 fully saturated rings. The van der Waals surface area contributed by atoms with Gasteiger partial charge in [-0.15, -0.1) is 0 Å². The van der Waals surface area contributed by atoms with Crippen molar-refractivity contribution in [2.75, 3.05) is 0 Å². The van der Waals surface area contributed by atoms with Crippen molar-refractivity contribution in [3.63, 3.8) is 0 Å². The van der Waals surface area contributed by atoms with Crippen LogP contribution in [0.2, 0.25) is 0 Å². The number of fused-ring (bicyclic) bond motifs is 2. The van der Waals surface area contributed by atoms with Crippen molar-refractivity contribution in [3.05, 3.63) is 119 Å². The first-order valence-corrected chi connectivity index (χ1v) is 16.4. The van der Waals surface area contributed by atoms with E-state index >= 15 is 35.1 Å². The molecule has 6 aromatic rings. The fourth-order valence-corrected chi connectivity index (χ4v) is 6.07. The molecule has 0 aliphatic rings. The van der Waals surface area contributed by atoms with Gasteiger partial charge in [0.05, 0.1) is 20.9 Å². The summed E-state index contributed by atoms with van der Waals surface area (Å²) in [5, 5.41) is -0.147. The summed E-state index contributed by atoms with van der Waals surface area (Å²) in [5.41, 5.74) is -4.45. The van der Waals surface area contributed by atoms with Gasteiger partial charge in [-0.25, -0.2) is 17.6 Å². The summed E-state index contributed by atoms with van der Waals surface area (Å²) < 4.78 is 198. The van der Waals surface area contributed by atoms with Gasteiger partial charge in [-0.1, -0.05) is 36.4 Å². The molecule has 50 heavy (non-hydrogen) atoms. The molecule has 0 radical (unpaired) electrons. The molecule has 258 valence electrons. The molecule has 0 unspecified atom stereocenters. The lowest BCUT2D eigenvalue weighted by Crippen LogP contribution is -2.09. The van der Waals surface area contributed by atoms with Crippen molar-refractivity contribution in [2.45, 2.75) is 9.79 Å². The fourth-order valence-electron chi connectivity index (χ4n) is 5.03. The molecule has 0 heterocycles. The van der Waals surface area contributed by atoms with Crippen LogP contribution in [-0.2, 0) is 20.2 Å². The number of benzene rings is 6. The third-order valence-electron chi connectivity index (χ3n) is 7.33. The zero-order valence-electron chi connectivity index (χ0n) is 24.1. The fraction of sp³-hybridized carbons (Fsp3) is 0. The topological polar surface area (TPSA) is 127 Å². The molecule has 2 N–H and O–H groups in total. The number of rotatable bonds is 7. The molecule has 0 spiro atoms. The average Bonchev–Trinajstić information content (AvgIpc) is 3.07. The Kier molecular flexibility index (Phi) is 8.46. The van der Waals surface area contributed by atoms with Crippen LogP contribution in [-0.4, -0.2) is 25.9 Å². The minimum atomic E-state index is -5.18. The normalized spacial score (nSPS) is 12.1. The maximum absolute atomic E-state index is 15.4. The highest BCUT2D eigenvalue weighted by molar-refractivity contribution is 7.86. The van der Waals surface area contributed by atoms with Crippen LogP contribution in [0.1, 0.15) is 0 Å². The molecule has 0 aromatic heterocycles. The Morgan fingerprint density at radius 2 is 0.880 bits per heavy atom. The van der Waals surface area contributed by atoms with Gasteiger partial charge in [-0.2, -0.15) is 34.4 Å². The molecule has 0 saturated heterocycles. The van der Waals surface area contributed by atoms with Gasteiger partial charge in [0.2, 0.25) is 34.8 Å². The summed E-state index contributed by atoms with van der Waals surface area (Å²) in [7, 11) is -10.1. The van der Waals surface area contributed by atoms with Gasteiger partial charge in [0.25, 0.3) is 20.2 Å². The molecule has 0 amide bonds. The summed E-state index contributed by atoms with van der Waals surface area (Å²) in [4.78, 5) is -1.91. The molecular formula is C32H14F8O8S2. The summed E-state index contributed by atoms with van der Waals surface area (Å²) in [5.74, 6) is -25.0. The third-order valence-corrected chi connectivity index (χ3v) is 9.01. The van der Waals surface area contributed by atoms with Crippen LogP contribution in [0.15, 0.2) is 82.6 Å². The minimum Gasteiger partial charge on any atom is -0.450 e. The highest BCUT2D eigenvalue weighted by Gasteiger charge is 2.36. The van der Waals surface area contributed by atoms with Crippen molar-refractivity contribution in [1.29, 1.82) is 0 Å². The standard InChI is InChI=1S/C32H14F8O8S2/c33-23-21(24(34)28(38)31(27(23)37)47-19-7-3-5-13-4-1-2-6-17(13)19)22-25(35)29(39)32(30(40)26(22)36)48-20-12-16(50(44,45)46)11-14-10-15(49(41,42)43)8-9-18(14)20/h1-12H,(H,41,42,43)(H,44,45,46). The Morgan fingerprint density at radius 3 is 1.40 bits per heavy atom. The first-order valence-electron chi connectivity index (χ1n) is 13.5. The average molecular weight is 743 g/mol. The van der Waals surface area contributed by atoms with Gasteiger partial charge in [-0.05, 0) is 41.1 Å². The SMILES string of the molecule is O=S(=O)(O)c1ccc2c(Oc3c(F)c(F)c(-c4c(F)c(F)c(Oc5cccc6ccccc56)c(F)c4F)c(F)c3F)cc(S(=O)(=O)O)cc2c1. The van der Waals surface area contributed by atoms with Crippen LogP contribution in [0.25, 0.3) is 32.7 Å². The van der Waals surface area contributed by atoms with E-state index in [1.807, 2.05) is 0 Å². The van der Waals surface area contributed by atoms with Gasteiger partial charge in [0.15, 0.2) is 23.3 Å². The second-order valence-electron chi connectivity index (χ2n) is 10.4. The Hall–Kier alpha value is -5.30. The second-order valence-corrected chi connectivity index (χ2v) is 13.2. The Balaban J connectivity index is 1.49. The van der Waals surface area contributed by atoms with E-state index in [4.69, 9.17) is 9.47 Å². The lowest BCUT2D eigenvalue weighted by molar-refractivity contribution is 0.362. The van der Waals surface area contributed by atoms with Crippen molar-refractivity contribution in [2.24, 2.45) is 0 Å². The van der Waals surface area contributed by atoms with Crippen LogP contribution in [0.5, 0.6) is 23.0 Å². The molecule has 0 saturated carbocycles. The molecule has 0 bridgehead atoms. The predicted molar refractivity (Wildman–Crippen MR) is 159 cm³/mol. The Bertz CT molecular complexity index is 2580. The highest BCUT2D eigenvalue weighted by Crippen LogP contribution is 2.45. The summed E-state index contributed by atoms with van der Waals surface area (Å²) in [6.45, 7) is 0. The molecule has 0 atom stereocenters. The molecule has 18 heteroatoms. The number of hydrogen-bond donors (Lipinski definition) is 2. The molecule has 0 aliphatic carbocycles. The maximum Gasteiger partial charge on any atom is 0.294 e. The van der Waals surface area contributed by atoms with Crippen molar-refractivity contribution >= 4 is 41.8 Å². The smallest absolute Gasteiger partial charge is 0.294 e. The lowest BCUT2D eigenvalue weighted by atomic mass is 10.0. The van der Waals surface area contributed by atoms with Gasteiger partial charge >= 0.3 is 0 Å². The number of halogens is 8. The van der Waals surface area contributed by atoms with E-state index in [0.29, 0.717) is 23.6 Å². The van der Waals surface area contributed by atoms with E-state index < -0.39 is 116 Å². The molecule has 6 aromatic carbocycles. The van der Waals surface area contributed by atoms with Gasteiger partial charge in [0.1, 0.15) is 11.5 Å². The summed E-state index contributed by atoms with van der Waals surface area (Å²) in [6, 6.07) is 13.5. The van der Waals surface area contributed by atoms with E-state index in [2.05, 4.69) is 0 Å². The monoisotopic (exact) mass is 742 g/mol. The Labute approximate surface area is 275 Å². The van der Waals surface area contributed by atoms with Crippen LogP contribution in [0, 0.1) is 46.5 Å². The van der Waals surface area contributed by atoms with Gasteiger partial charge in [-0.3, -0.25) is 9.11 Å². The maximum atomic E-state index is 15.4. The van der Waals surface area contributed by atoms with Gasteiger partial charge in [0, 0.05) is 16.8 Å². The van der Waals surface area contributed by atoms with Crippen LogP contribution in [0.3, 0.4) is 0 Å². The van der Waals surface area contributed by atoms with Crippen LogP contribution in [0.4, 0.5) is 35.1 Å². The first-order chi connectivity index (χ1) is 23.4. The van der Waals surface area contributed by atoms with Crippen LogP contribution < -0.4 is 9.47 Å². The van der Waals surface area contributed by atoms with E-state index in [0.717, 1.165) is 12.1 Å². The van der Waals surface area contributed by atoms with Gasteiger partial charge < -0.3 is 9.47 Å². The number of hydrogen-bond acceptors (Lipinski definition) is 6. The largest absolute Gasteiger partial charge is 0.450 e. The second kappa shape index (κ2) is 12.2. The molecular weight excluding hydrogens is 728 g/mol. The summed E-state index contributed by atoms with van der Waals surface area (Å²) in [6.07, 6.45) is 0. The van der Waals surface area contributed by atoms with E-state index in [9.17, 15) is 25.9 Å². The van der Waals surface area contributed by atoms with Crippen LogP contribution >= 0.6 is 0 Å². The van der Waals surface area contributed by atoms with E-state index in [1.165, 1.54) is 24.3 Å². The summed E-state index contributed by atoms with van der Waals surface area (Å²) >= 11 is 0. The van der Waals surface area contributed by atoms with Crippen molar-refractivity contribution in [3.8, 4) is 34.1 Å². The lowest BCUT2D eigenvalue weighted by Gasteiger charge is -2.17. The zero-order chi connectivity index (χ0) is 36.4. The number of ether oxygens (including phenoxy) is 2. The van der Waals surface area contributed by atoms with E-state index in [-0.39, 0.29) is 11.1 Å². The molecule has 8 nitrogen and oxygen atoms in total.